The highest BCUT2D eigenvalue weighted by Gasteiger charge is 2.37. The van der Waals surface area contributed by atoms with Gasteiger partial charge in [0.2, 0.25) is 0 Å². The highest BCUT2D eigenvalue weighted by atomic mass is 32.1. The summed E-state index contributed by atoms with van der Waals surface area (Å²) in [5.41, 5.74) is 3.59. The van der Waals surface area contributed by atoms with E-state index in [4.69, 9.17) is 0 Å². The van der Waals surface area contributed by atoms with Crippen molar-refractivity contribution in [3.05, 3.63) is 107 Å². The third-order valence-electron chi connectivity index (χ3n) is 5.94. The minimum absolute atomic E-state index is 0.0552. The maximum absolute atomic E-state index is 14.8. The van der Waals surface area contributed by atoms with Crippen LogP contribution in [-0.4, -0.2) is 33.8 Å². The maximum atomic E-state index is 14.8. The van der Waals surface area contributed by atoms with Gasteiger partial charge in [-0.15, -0.1) is 11.3 Å². The summed E-state index contributed by atoms with van der Waals surface area (Å²) in [5.74, 6) is -1.13. The number of nitrogens with zero attached hydrogens (tertiary/aromatic N) is 3. The lowest BCUT2D eigenvalue weighted by Gasteiger charge is -2.22. The zero-order chi connectivity index (χ0) is 24.4. The van der Waals surface area contributed by atoms with Crippen molar-refractivity contribution in [3.63, 3.8) is 0 Å². The molecule has 2 N–H and O–H groups in total. The largest absolute Gasteiger partial charge is 0.507 e. The minimum Gasteiger partial charge on any atom is -0.507 e. The van der Waals surface area contributed by atoms with Gasteiger partial charge in [-0.05, 0) is 48.5 Å². The molecule has 0 fully saturated rings. The molecule has 0 bridgehead atoms. The summed E-state index contributed by atoms with van der Waals surface area (Å²) in [4.78, 5) is 19.3. The molecule has 1 amide bonds. The molecule has 4 aromatic rings. The molecule has 3 heterocycles. The molecule has 1 aliphatic rings. The number of thiophene rings is 1. The van der Waals surface area contributed by atoms with Crippen molar-refractivity contribution in [2.45, 2.75) is 19.0 Å². The van der Waals surface area contributed by atoms with Gasteiger partial charge in [0.05, 0.1) is 22.2 Å². The lowest BCUT2D eigenvalue weighted by atomic mass is 9.97. The van der Waals surface area contributed by atoms with E-state index in [-0.39, 0.29) is 23.6 Å². The Balaban J connectivity index is 1.53. The lowest BCUT2D eigenvalue weighted by molar-refractivity contribution is 0.0712. The first-order valence-corrected chi connectivity index (χ1v) is 12.0. The molecule has 0 aliphatic carbocycles. The summed E-state index contributed by atoms with van der Waals surface area (Å²) >= 11 is 1.37. The second-order valence-corrected chi connectivity index (χ2v) is 9.27. The van der Waals surface area contributed by atoms with Gasteiger partial charge in [-0.25, -0.2) is 9.40 Å². The van der Waals surface area contributed by atoms with E-state index in [0.717, 1.165) is 21.6 Å². The molecule has 176 valence electrons. The molecule has 0 radical (unpaired) electrons. The van der Waals surface area contributed by atoms with E-state index in [1.165, 1.54) is 34.5 Å². The van der Waals surface area contributed by atoms with Gasteiger partial charge in [-0.1, -0.05) is 36.4 Å². The van der Waals surface area contributed by atoms with Gasteiger partial charge in [-0.3, -0.25) is 9.78 Å². The molecule has 1 atom stereocenters. The van der Waals surface area contributed by atoms with Crippen molar-refractivity contribution < 1.29 is 14.3 Å². The number of aromatic nitrogens is 1. The van der Waals surface area contributed by atoms with Crippen molar-refractivity contribution >= 4 is 23.0 Å². The molecule has 2 aromatic heterocycles. The van der Waals surface area contributed by atoms with Crippen molar-refractivity contribution in [1.29, 1.82) is 0 Å². The van der Waals surface area contributed by atoms with Gasteiger partial charge in [-0.2, -0.15) is 5.10 Å². The fourth-order valence-corrected chi connectivity index (χ4v) is 5.30. The van der Waals surface area contributed by atoms with Crippen LogP contribution < -0.4 is 5.32 Å². The van der Waals surface area contributed by atoms with E-state index in [0.29, 0.717) is 17.1 Å². The molecule has 2 aromatic carbocycles. The lowest BCUT2D eigenvalue weighted by Crippen LogP contribution is -2.27. The van der Waals surface area contributed by atoms with Crippen LogP contribution in [0.4, 0.5) is 4.39 Å². The zero-order valence-corrected chi connectivity index (χ0v) is 19.8. The van der Waals surface area contributed by atoms with Crippen LogP contribution in [0.5, 0.6) is 5.75 Å². The summed E-state index contributed by atoms with van der Waals surface area (Å²) in [5, 5.41) is 19.5. The summed E-state index contributed by atoms with van der Waals surface area (Å²) in [6.07, 6.45) is 3.57. The first-order valence-electron chi connectivity index (χ1n) is 11.2. The van der Waals surface area contributed by atoms with Crippen molar-refractivity contribution in [1.82, 2.24) is 15.3 Å². The first kappa shape index (κ1) is 22.9. The normalized spacial score (nSPS) is 15.3. The molecular formula is C27H23FN4O2S. The van der Waals surface area contributed by atoms with E-state index in [1.807, 2.05) is 37.4 Å². The number of hydrazone groups is 1. The Morgan fingerprint density at radius 3 is 2.77 bits per heavy atom. The molecule has 1 unspecified atom stereocenters. The van der Waals surface area contributed by atoms with Crippen LogP contribution in [0.3, 0.4) is 0 Å². The number of rotatable bonds is 6. The van der Waals surface area contributed by atoms with Gasteiger partial charge in [0.1, 0.15) is 11.6 Å². The van der Waals surface area contributed by atoms with Crippen LogP contribution in [0.25, 0.3) is 10.4 Å². The Morgan fingerprint density at radius 1 is 1.14 bits per heavy atom. The number of nitrogens with one attached hydrogen (secondary N) is 1. The van der Waals surface area contributed by atoms with Gasteiger partial charge in [0.15, 0.2) is 0 Å². The Morgan fingerprint density at radius 2 is 2.00 bits per heavy atom. The maximum Gasteiger partial charge on any atom is 0.284 e. The Kier molecular flexibility index (Phi) is 6.39. The van der Waals surface area contributed by atoms with Crippen molar-refractivity contribution in [2.75, 3.05) is 7.05 Å². The molecule has 5 rings (SSSR count). The molecule has 0 saturated carbocycles. The molecule has 8 heteroatoms. The van der Waals surface area contributed by atoms with Crippen molar-refractivity contribution in [3.8, 4) is 16.2 Å². The van der Waals surface area contributed by atoms with E-state index < -0.39 is 11.9 Å². The van der Waals surface area contributed by atoms with Crippen LogP contribution in [0.1, 0.15) is 38.8 Å². The number of hydrogen-bond acceptors (Lipinski definition) is 6. The number of carbonyl (C=O) groups excluding carboxylic acids is 1. The third kappa shape index (κ3) is 4.45. The van der Waals surface area contributed by atoms with E-state index in [9.17, 15) is 14.3 Å². The van der Waals surface area contributed by atoms with Gasteiger partial charge in [0, 0.05) is 35.8 Å². The molecule has 35 heavy (non-hydrogen) atoms. The second kappa shape index (κ2) is 9.77. The number of pyridine rings is 1. The zero-order valence-electron chi connectivity index (χ0n) is 19.0. The highest BCUT2D eigenvalue weighted by molar-refractivity contribution is 7.17. The summed E-state index contributed by atoms with van der Waals surface area (Å²) in [7, 11) is 1.89. The number of amides is 1. The summed E-state index contributed by atoms with van der Waals surface area (Å²) < 4.78 is 14.8. The van der Waals surface area contributed by atoms with Gasteiger partial charge >= 0.3 is 0 Å². The monoisotopic (exact) mass is 486 g/mol. The first-order chi connectivity index (χ1) is 17.1. The fraction of sp³-hybridized carbons (Fsp3) is 0.148. The summed E-state index contributed by atoms with van der Waals surface area (Å²) in [6, 6.07) is 18.7. The van der Waals surface area contributed by atoms with Gasteiger partial charge in [0.25, 0.3) is 5.91 Å². The standard InChI is InChI=1S/C27H23FN4O2S/c1-29-15-17-6-2-3-8-19(17)24-11-12-25(35-24)27(34)32-22(26-20(28)9-4-10-23(26)33)14-21(31-32)18-7-5-13-30-16-18/h2-13,16,22,29,33H,14-15H2,1H3. The molecule has 1 aliphatic heterocycles. The van der Waals surface area contributed by atoms with Crippen LogP contribution in [0.2, 0.25) is 0 Å². The van der Waals surface area contributed by atoms with Gasteiger partial charge < -0.3 is 10.4 Å². The van der Waals surface area contributed by atoms with Crippen LogP contribution in [0.15, 0.2) is 84.2 Å². The second-order valence-electron chi connectivity index (χ2n) is 8.18. The minimum atomic E-state index is -0.777. The van der Waals surface area contributed by atoms with Crippen molar-refractivity contribution in [2.24, 2.45) is 5.10 Å². The Hall–Kier alpha value is -3.88. The average molecular weight is 487 g/mol. The fourth-order valence-electron chi connectivity index (χ4n) is 4.30. The number of benzene rings is 2. The molecule has 0 spiro atoms. The Bertz CT molecular complexity index is 1380. The number of hydrogen-bond donors (Lipinski definition) is 2. The quantitative estimate of drug-likeness (QED) is 0.384. The number of halogens is 1. The number of phenolic OH excluding ortho intramolecular Hbond substituents is 1. The predicted octanol–water partition coefficient (Wildman–Crippen LogP) is 5.37. The molecular weight excluding hydrogens is 463 g/mol. The van der Waals surface area contributed by atoms with Crippen LogP contribution >= 0.6 is 11.3 Å². The number of aromatic hydroxyl groups is 1. The molecule has 6 nitrogen and oxygen atoms in total. The van der Waals surface area contributed by atoms with E-state index in [1.54, 1.807) is 24.5 Å². The van der Waals surface area contributed by atoms with Crippen LogP contribution in [0, 0.1) is 5.82 Å². The topological polar surface area (TPSA) is 77.8 Å². The highest BCUT2D eigenvalue weighted by Crippen LogP contribution is 2.40. The third-order valence-corrected chi connectivity index (χ3v) is 7.05. The Labute approximate surface area is 206 Å². The molecule has 0 saturated heterocycles. The van der Waals surface area contributed by atoms with E-state index >= 15 is 0 Å². The SMILES string of the molecule is CNCc1ccccc1-c1ccc(C(=O)N2N=C(c3cccnc3)CC2c2c(O)cccc2F)s1. The smallest absolute Gasteiger partial charge is 0.284 e. The van der Waals surface area contributed by atoms with E-state index in [2.05, 4.69) is 21.5 Å². The average Bonchev–Trinajstić information content (AvgIpc) is 3.53. The predicted molar refractivity (Wildman–Crippen MR) is 135 cm³/mol. The number of phenols is 1. The van der Waals surface area contributed by atoms with Crippen LogP contribution in [-0.2, 0) is 6.54 Å². The summed E-state index contributed by atoms with van der Waals surface area (Å²) in [6.45, 7) is 0.705. The number of carbonyl (C=O) groups is 1.